The van der Waals surface area contributed by atoms with Crippen LogP contribution >= 0.6 is 0 Å². The number of nitriles is 1. The molecule has 1 N–H and O–H groups in total. The number of aromatic nitrogens is 2. The van der Waals surface area contributed by atoms with E-state index in [2.05, 4.69) is 16.0 Å². The number of hydrogen-bond acceptors (Lipinski definition) is 4. The van der Waals surface area contributed by atoms with E-state index in [0.717, 1.165) is 27.6 Å². The number of rotatable bonds is 2. The van der Waals surface area contributed by atoms with Gasteiger partial charge in [-0.15, -0.1) is 0 Å². The minimum absolute atomic E-state index is 0.403. The summed E-state index contributed by atoms with van der Waals surface area (Å²) in [7, 11) is 0. The van der Waals surface area contributed by atoms with Crippen LogP contribution in [0, 0.1) is 11.3 Å². The van der Waals surface area contributed by atoms with Crippen molar-refractivity contribution in [3.63, 3.8) is 0 Å². The van der Waals surface area contributed by atoms with E-state index in [4.69, 9.17) is 9.40 Å². The predicted octanol–water partition coefficient (Wildman–Crippen LogP) is 5.08. The summed E-state index contributed by atoms with van der Waals surface area (Å²) >= 11 is 0. The van der Waals surface area contributed by atoms with Gasteiger partial charge in [-0.3, -0.25) is 0 Å². The maximum atomic E-state index is 9.39. The largest absolute Gasteiger partial charge is 0.438 e. The molecule has 0 fully saturated rings. The first-order chi connectivity index (χ1) is 13.8. The average molecular weight is 362 g/mol. The van der Waals surface area contributed by atoms with Gasteiger partial charge < -0.3 is 9.40 Å². The Morgan fingerprint density at radius 1 is 0.929 bits per heavy atom. The van der Waals surface area contributed by atoms with E-state index < -0.39 is 0 Å². The minimum atomic E-state index is 0.403. The molecule has 0 spiro atoms. The zero-order chi connectivity index (χ0) is 18.9. The van der Waals surface area contributed by atoms with Crippen molar-refractivity contribution >= 4 is 27.7 Å². The molecule has 2 aromatic heterocycles. The van der Waals surface area contributed by atoms with Gasteiger partial charge in [0, 0.05) is 5.39 Å². The van der Waals surface area contributed by atoms with Crippen LogP contribution in [0.4, 0.5) is 5.69 Å². The Morgan fingerprint density at radius 3 is 2.61 bits per heavy atom. The van der Waals surface area contributed by atoms with E-state index >= 15 is 0 Å². The lowest BCUT2D eigenvalue weighted by atomic mass is 10.1. The third-order valence-electron chi connectivity index (χ3n) is 4.55. The van der Waals surface area contributed by atoms with Crippen molar-refractivity contribution in [3.8, 4) is 17.5 Å². The van der Waals surface area contributed by atoms with E-state index in [1.54, 1.807) is 12.1 Å². The van der Waals surface area contributed by atoms with E-state index in [-0.39, 0.29) is 0 Å². The molecule has 0 unspecified atom stereocenters. The topological polar surface area (TPSA) is 78.0 Å². The number of aromatic amines is 1. The van der Waals surface area contributed by atoms with Crippen molar-refractivity contribution in [2.24, 2.45) is 4.99 Å². The smallest absolute Gasteiger partial charge is 0.230 e. The van der Waals surface area contributed by atoms with Crippen LogP contribution in [0.25, 0.3) is 33.4 Å². The van der Waals surface area contributed by atoms with E-state index in [9.17, 15) is 5.26 Å². The van der Waals surface area contributed by atoms with Crippen LogP contribution in [0.1, 0.15) is 5.56 Å². The molecule has 0 atom stereocenters. The molecule has 0 aliphatic rings. The fourth-order valence-corrected chi connectivity index (χ4v) is 3.18. The Hall–Kier alpha value is -4.17. The number of hydrogen-bond donors (Lipinski definition) is 1. The number of imidazole rings is 1. The van der Waals surface area contributed by atoms with Gasteiger partial charge in [0.2, 0.25) is 5.55 Å². The Morgan fingerprint density at radius 2 is 1.71 bits per heavy atom. The predicted molar refractivity (Wildman–Crippen MR) is 108 cm³/mol. The van der Waals surface area contributed by atoms with Gasteiger partial charge in [0.15, 0.2) is 0 Å². The van der Waals surface area contributed by atoms with Crippen LogP contribution in [0.3, 0.4) is 0 Å². The molecule has 28 heavy (non-hydrogen) atoms. The number of para-hydroxylation sites is 4. The molecule has 2 heterocycles. The lowest BCUT2D eigenvalue weighted by molar-refractivity contribution is 0.547. The maximum Gasteiger partial charge on any atom is 0.230 e. The fourth-order valence-electron chi connectivity index (χ4n) is 3.18. The van der Waals surface area contributed by atoms with Crippen molar-refractivity contribution in [1.29, 1.82) is 5.26 Å². The Bertz CT molecular complexity index is 1400. The molecule has 0 bridgehead atoms. The second-order valence-corrected chi connectivity index (χ2v) is 6.35. The van der Waals surface area contributed by atoms with Crippen LogP contribution in [0.15, 0.2) is 88.3 Å². The fraction of sp³-hybridized carbons (Fsp3) is 0. The molecule has 5 aromatic rings. The summed E-state index contributed by atoms with van der Waals surface area (Å²) in [6.45, 7) is 0. The summed E-state index contributed by atoms with van der Waals surface area (Å²) in [4.78, 5) is 12.7. The van der Waals surface area contributed by atoms with Gasteiger partial charge in [-0.1, -0.05) is 42.5 Å². The molecule has 0 aliphatic heterocycles. The zero-order valence-electron chi connectivity index (χ0n) is 14.8. The molecule has 0 radical (unpaired) electrons. The van der Waals surface area contributed by atoms with Gasteiger partial charge in [-0.2, -0.15) is 5.26 Å². The summed E-state index contributed by atoms with van der Waals surface area (Å²) < 4.78 is 6.11. The van der Waals surface area contributed by atoms with Gasteiger partial charge in [-0.05, 0) is 36.4 Å². The second kappa shape index (κ2) is 6.53. The zero-order valence-corrected chi connectivity index (χ0v) is 14.8. The van der Waals surface area contributed by atoms with Crippen molar-refractivity contribution in [1.82, 2.24) is 9.97 Å². The molecular weight excluding hydrogens is 348 g/mol. The number of benzene rings is 3. The Labute approximate surface area is 160 Å². The van der Waals surface area contributed by atoms with Crippen LogP contribution in [-0.4, -0.2) is 9.97 Å². The molecule has 0 saturated carbocycles. The standard InChI is InChI=1S/C23H14N4O/c24-14-16-8-1-3-9-18(16)27-23-17(13-15-7-2-6-12-21(15)28-23)22-25-19-10-4-5-11-20(19)26-22/h1-13H,(H,25,26). The van der Waals surface area contributed by atoms with E-state index in [1.165, 1.54) is 0 Å². The number of H-pyrrole nitrogens is 1. The van der Waals surface area contributed by atoms with Gasteiger partial charge >= 0.3 is 0 Å². The monoisotopic (exact) mass is 362 g/mol. The number of fused-ring (bicyclic) bond motifs is 2. The average Bonchev–Trinajstić information content (AvgIpc) is 3.18. The summed E-state index contributed by atoms with van der Waals surface area (Å²) in [5, 5.41) is 10.3. The highest BCUT2D eigenvalue weighted by molar-refractivity contribution is 5.83. The van der Waals surface area contributed by atoms with Gasteiger partial charge in [0.25, 0.3) is 0 Å². The highest BCUT2D eigenvalue weighted by Gasteiger charge is 2.12. The normalized spacial score (nSPS) is 11.8. The van der Waals surface area contributed by atoms with Gasteiger partial charge in [-0.25, -0.2) is 9.98 Å². The first kappa shape index (κ1) is 16.0. The summed E-state index contributed by atoms with van der Waals surface area (Å²) in [6, 6.07) is 27.0. The molecular formula is C23H14N4O. The maximum absolute atomic E-state index is 9.39. The van der Waals surface area contributed by atoms with Gasteiger partial charge in [0.1, 0.15) is 17.5 Å². The number of nitrogens with one attached hydrogen (secondary N) is 1. The highest BCUT2D eigenvalue weighted by atomic mass is 16.3. The Kier molecular flexibility index (Phi) is 3.74. The third-order valence-corrected chi connectivity index (χ3v) is 4.55. The lowest BCUT2D eigenvalue weighted by Gasteiger charge is -2.03. The van der Waals surface area contributed by atoms with Crippen LogP contribution < -0.4 is 5.55 Å². The summed E-state index contributed by atoms with van der Waals surface area (Å²) in [5.41, 5.74) is 4.71. The molecule has 0 saturated heterocycles. The molecule has 132 valence electrons. The summed E-state index contributed by atoms with van der Waals surface area (Å²) in [5.74, 6) is 0.670. The van der Waals surface area contributed by atoms with E-state index in [0.29, 0.717) is 22.6 Å². The molecule has 0 amide bonds. The molecule has 5 nitrogen and oxygen atoms in total. The summed E-state index contributed by atoms with van der Waals surface area (Å²) in [6.07, 6.45) is 0. The molecule has 5 heteroatoms. The van der Waals surface area contributed by atoms with Gasteiger partial charge in [0.05, 0.1) is 27.8 Å². The first-order valence-corrected chi connectivity index (χ1v) is 8.84. The molecule has 3 aromatic carbocycles. The second-order valence-electron chi connectivity index (χ2n) is 6.35. The van der Waals surface area contributed by atoms with Crippen LogP contribution in [-0.2, 0) is 0 Å². The van der Waals surface area contributed by atoms with Crippen molar-refractivity contribution in [3.05, 3.63) is 90.0 Å². The third kappa shape index (κ3) is 2.74. The van der Waals surface area contributed by atoms with E-state index in [1.807, 2.05) is 66.7 Å². The van der Waals surface area contributed by atoms with Crippen LogP contribution in [0.5, 0.6) is 0 Å². The quantitative estimate of drug-likeness (QED) is 0.476. The minimum Gasteiger partial charge on any atom is -0.438 e. The molecule has 5 rings (SSSR count). The highest BCUT2D eigenvalue weighted by Crippen LogP contribution is 2.23. The Balaban J connectivity index is 1.83. The number of nitrogens with zero attached hydrogens (tertiary/aromatic N) is 3. The van der Waals surface area contributed by atoms with Crippen LogP contribution in [0.2, 0.25) is 0 Å². The molecule has 0 aliphatic carbocycles. The van der Waals surface area contributed by atoms with Crippen molar-refractivity contribution in [2.75, 3.05) is 0 Å². The lowest BCUT2D eigenvalue weighted by Crippen LogP contribution is -2.06. The van der Waals surface area contributed by atoms with Crippen molar-refractivity contribution in [2.45, 2.75) is 0 Å². The SMILES string of the molecule is N#Cc1ccccc1N=c1oc2ccccc2cc1-c1nc2ccccc2[nH]1. The van der Waals surface area contributed by atoms with Crippen molar-refractivity contribution < 1.29 is 4.42 Å². The first-order valence-electron chi connectivity index (χ1n) is 8.84.